The van der Waals surface area contributed by atoms with Crippen molar-refractivity contribution >= 4 is 5.91 Å². The fraction of sp³-hybridized carbons (Fsp3) is 0.409. The second kappa shape index (κ2) is 18.1. The third-order valence-corrected chi connectivity index (χ3v) is 4.04. The fourth-order valence-corrected chi connectivity index (χ4v) is 2.48. The van der Waals surface area contributed by atoms with Gasteiger partial charge in [-0.05, 0) is 12.2 Å². The van der Waals surface area contributed by atoms with Gasteiger partial charge in [0.25, 0.3) is 0 Å². The maximum atomic E-state index is 12.1. The van der Waals surface area contributed by atoms with E-state index in [2.05, 4.69) is 31.2 Å². The van der Waals surface area contributed by atoms with Crippen LogP contribution in [0.5, 0.6) is 0 Å². The van der Waals surface area contributed by atoms with Crippen LogP contribution < -0.4 is 5.73 Å². The smallest absolute Gasteiger partial charge is 0.397 e. The number of carbonyl (C=O) groups excluding carboxylic acids is 1. The van der Waals surface area contributed by atoms with Gasteiger partial charge in [-0.2, -0.15) is 12.8 Å². The second-order valence-corrected chi connectivity index (χ2v) is 5.46. The maximum absolute atomic E-state index is 12.1. The van der Waals surface area contributed by atoms with Crippen LogP contribution in [0.15, 0.2) is 62.0 Å². The van der Waals surface area contributed by atoms with Crippen LogP contribution in [0.1, 0.15) is 33.1 Å². The molecule has 1 saturated carbocycles. The molecule has 0 aromatic rings. The summed E-state index contributed by atoms with van der Waals surface area (Å²) in [5.74, 6) is 1.35. The zero-order chi connectivity index (χ0) is 19.2. The Morgan fingerprint density at radius 3 is 1.67 bits per heavy atom. The molecule has 1 aliphatic heterocycles. The summed E-state index contributed by atoms with van der Waals surface area (Å²) in [5, 5.41) is 0. The van der Waals surface area contributed by atoms with Gasteiger partial charge in [-0.25, -0.2) is 0 Å². The molecule has 2 fully saturated rings. The van der Waals surface area contributed by atoms with E-state index in [1.165, 1.54) is 6.42 Å². The van der Waals surface area contributed by atoms with Gasteiger partial charge in [-0.3, -0.25) is 5.92 Å². The quantitative estimate of drug-likeness (QED) is 0.381. The van der Waals surface area contributed by atoms with Crippen LogP contribution in [0.25, 0.3) is 0 Å². The average molecular weight is 598 g/mol. The number of nitrogens with two attached hydrogens (primary N) is 1. The first-order valence-corrected chi connectivity index (χ1v) is 8.96. The first-order chi connectivity index (χ1) is 12.1. The van der Waals surface area contributed by atoms with E-state index in [0.29, 0.717) is 5.70 Å². The number of hydrogen-bond acceptors (Lipinski definition) is 3. The molecule has 1 amide bonds. The van der Waals surface area contributed by atoms with Crippen LogP contribution in [0, 0.1) is 44.5 Å². The van der Waals surface area contributed by atoms with Crippen LogP contribution >= 0.6 is 0 Å². The predicted molar refractivity (Wildman–Crippen MR) is 115 cm³/mol. The Kier molecular flexibility index (Phi) is 20.4. The Morgan fingerprint density at radius 2 is 1.37 bits per heavy atom. The van der Waals surface area contributed by atoms with Crippen molar-refractivity contribution in [2.24, 2.45) is 5.73 Å². The first kappa shape index (κ1) is 30.4. The minimum Gasteiger partial charge on any atom is -0.397 e. The van der Waals surface area contributed by atoms with Gasteiger partial charge in [0, 0.05) is 26.2 Å². The largest absolute Gasteiger partial charge is 2.00 e. The van der Waals surface area contributed by atoms with Crippen LogP contribution in [-0.4, -0.2) is 41.9 Å². The van der Waals surface area contributed by atoms with Gasteiger partial charge in [0.1, 0.15) is 0 Å². The monoisotopic (exact) mass is 597 g/mol. The zero-order valence-electron chi connectivity index (χ0n) is 17.5. The predicted octanol–water partition coefficient (Wildman–Crippen LogP) is 4.27. The molecule has 27 heavy (non-hydrogen) atoms. The van der Waals surface area contributed by atoms with E-state index in [0.717, 1.165) is 50.6 Å². The Hall–Kier alpha value is -1.31. The average Bonchev–Trinajstić information content (AvgIpc) is 2.63. The van der Waals surface area contributed by atoms with Gasteiger partial charge in [0.15, 0.2) is 0 Å². The standard InChI is InChI=1S/C15H22N3O.C4H6.C2H6.CH3.U/c1-3-13(16)14(4-2)17-8-10-18(11-9-17)15(19)12-6-5-7-12;1-3-4-2;1-2;;/h3-4H,1-2,5-11,16H2;3-4H,1-2H2;1-2H3;1H3;/q-1;;;-1;+2/b14-13-;;;;. The summed E-state index contributed by atoms with van der Waals surface area (Å²) in [4.78, 5) is 16.2. The van der Waals surface area contributed by atoms with Crippen LogP contribution in [-0.2, 0) is 4.79 Å². The molecule has 0 aromatic heterocycles. The van der Waals surface area contributed by atoms with E-state index in [1.807, 2.05) is 18.7 Å². The number of nitrogens with zero attached hydrogens (tertiary/aromatic N) is 2. The van der Waals surface area contributed by atoms with Crippen molar-refractivity contribution in [1.29, 1.82) is 0 Å². The summed E-state index contributed by atoms with van der Waals surface area (Å²) in [6.07, 6.45) is 9.81. The summed E-state index contributed by atoms with van der Waals surface area (Å²) < 4.78 is 0. The summed E-state index contributed by atoms with van der Waals surface area (Å²) in [5.41, 5.74) is 7.45. The van der Waals surface area contributed by atoms with Gasteiger partial charge in [-0.1, -0.05) is 52.3 Å². The van der Waals surface area contributed by atoms with Crippen molar-refractivity contribution in [1.82, 2.24) is 9.80 Å². The van der Waals surface area contributed by atoms with Crippen molar-refractivity contribution in [2.75, 3.05) is 26.2 Å². The molecule has 4 nitrogen and oxygen atoms in total. The van der Waals surface area contributed by atoms with Gasteiger partial charge < -0.3 is 27.8 Å². The molecular weight excluding hydrogens is 560 g/mol. The van der Waals surface area contributed by atoms with Crippen LogP contribution in [0.3, 0.4) is 0 Å². The molecular formula is C22H37N3OU. The van der Waals surface area contributed by atoms with E-state index in [-0.39, 0.29) is 44.4 Å². The molecule has 5 heteroatoms. The fourth-order valence-electron chi connectivity index (χ4n) is 2.48. The van der Waals surface area contributed by atoms with Crippen molar-refractivity contribution in [3.05, 3.63) is 75.4 Å². The van der Waals surface area contributed by atoms with E-state index in [9.17, 15) is 4.79 Å². The third-order valence-electron chi connectivity index (χ3n) is 4.04. The molecule has 0 atom stereocenters. The molecule has 2 aliphatic rings. The second-order valence-electron chi connectivity index (χ2n) is 5.46. The molecule has 2 rings (SSSR count). The van der Waals surface area contributed by atoms with Crippen LogP contribution in [0.4, 0.5) is 0 Å². The van der Waals surface area contributed by atoms with E-state index >= 15 is 0 Å². The molecule has 1 aliphatic carbocycles. The summed E-state index contributed by atoms with van der Waals surface area (Å²) >= 11 is 0. The van der Waals surface area contributed by atoms with E-state index < -0.39 is 0 Å². The molecule has 2 N–H and O–H groups in total. The molecule has 1 heterocycles. The Bertz CT molecular complexity index is 482. The molecule has 0 bridgehead atoms. The zero-order valence-corrected chi connectivity index (χ0v) is 21.6. The number of piperazine rings is 1. The van der Waals surface area contributed by atoms with Gasteiger partial charge in [0.05, 0.1) is 17.3 Å². The third kappa shape index (κ3) is 9.98. The molecule has 0 radical (unpaired) electrons. The number of amides is 1. The van der Waals surface area contributed by atoms with E-state index in [1.54, 1.807) is 24.3 Å². The maximum Gasteiger partial charge on any atom is 2.00 e. The molecule has 0 aromatic carbocycles. The van der Waals surface area contributed by atoms with Gasteiger partial charge in [0.2, 0.25) is 0 Å². The van der Waals surface area contributed by atoms with Crippen molar-refractivity contribution < 1.29 is 35.9 Å². The number of allylic oxidation sites excluding steroid dienone is 4. The van der Waals surface area contributed by atoms with E-state index in [4.69, 9.17) is 5.73 Å². The normalized spacial score (nSPS) is 15.4. The molecule has 0 spiro atoms. The molecule has 150 valence electrons. The van der Waals surface area contributed by atoms with Crippen molar-refractivity contribution in [3.63, 3.8) is 0 Å². The van der Waals surface area contributed by atoms with Crippen LogP contribution in [0.2, 0.25) is 0 Å². The first-order valence-electron chi connectivity index (χ1n) is 8.96. The summed E-state index contributed by atoms with van der Waals surface area (Å²) in [7, 11) is 0. The minimum absolute atomic E-state index is 0. The Labute approximate surface area is 191 Å². The molecule has 0 unspecified atom stereocenters. The number of carbonyl (C=O) groups is 1. The SMILES string of the molecule is C=C/C(N)=C(\C=C)N1CCN(C(=O)[C-]2CCC2)CC1.C=CC=C.CC.[CH3-].[U+2]. The number of hydrogen-bond donors (Lipinski definition) is 1. The summed E-state index contributed by atoms with van der Waals surface area (Å²) in [6.45, 7) is 21.3. The van der Waals surface area contributed by atoms with Gasteiger partial charge >= 0.3 is 31.1 Å². The topological polar surface area (TPSA) is 49.6 Å². The Balaban J connectivity index is -0.000000641. The van der Waals surface area contributed by atoms with Crippen molar-refractivity contribution in [3.8, 4) is 0 Å². The van der Waals surface area contributed by atoms with Gasteiger partial charge in [-0.15, -0.1) is 6.42 Å². The van der Waals surface area contributed by atoms with Crippen molar-refractivity contribution in [2.45, 2.75) is 33.1 Å². The minimum atomic E-state index is 0. The molecule has 1 saturated heterocycles. The number of rotatable bonds is 5. The summed E-state index contributed by atoms with van der Waals surface area (Å²) in [6, 6.07) is 0. The Morgan fingerprint density at radius 1 is 0.926 bits per heavy atom.